The van der Waals surface area contributed by atoms with E-state index in [1.807, 2.05) is 0 Å². The summed E-state index contributed by atoms with van der Waals surface area (Å²) < 4.78 is 25.8. The maximum Gasteiger partial charge on any atom is 0.307 e. The van der Waals surface area contributed by atoms with Crippen LogP contribution in [0.4, 0.5) is 0 Å². The monoisotopic (exact) mass is 243 g/mol. The van der Waals surface area contributed by atoms with E-state index in [0.29, 0.717) is 0 Å². The highest BCUT2D eigenvalue weighted by atomic mass is 32.2. The van der Waals surface area contributed by atoms with E-state index in [1.54, 1.807) is 19.1 Å². The van der Waals surface area contributed by atoms with Gasteiger partial charge in [0, 0.05) is 6.54 Å². The molecule has 2 N–H and O–H groups in total. The van der Waals surface area contributed by atoms with Crippen molar-refractivity contribution in [1.29, 1.82) is 0 Å². The minimum Gasteiger partial charge on any atom is -0.481 e. The Morgan fingerprint density at radius 3 is 2.56 bits per heavy atom. The smallest absolute Gasteiger partial charge is 0.307 e. The van der Waals surface area contributed by atoms with Gasteiger partial charge in [0.2, 0.25) is 10.0 Å². The Bertz CT molecular complexity index is 481. The van der Waals surface area contributed by atoms with Crippen LogP contribution in [0.3, 0.4) is 0 Å². The first-order valence-electron chi connectivity index (χ1n) is 4.76. The van der Waals surface area contributed by atoms with Gasteiger partial charge in [-0.3, -0.25) is 4.79 Å². The topological polar surface area (TPSA) is 83.5 Å². The number of carboxylic acid groups (broad SMARTS) is 1. The molecule has 0 atom stereocenters. The second kappa shape index (κ2) is 5.09. The number of rotatable bonds is 5. The Morgan fingerprint density at radius 1 is 1.38 bits per heavy atom. The molecule has 0 aliphatic heterocycles. The third kappa shape index (κ3) is 3.04. The highest BCUT2D eigenvalue weighted by molar-refractivity contribution is 7.89. The number of carboxylic acids is 1. The molecule has 0 heterocycles. The molecular formula is C10H13NO4S. The van der Waals surface area contributed by atoms with Crippen LogP contribution in [-0.2, 0) is 21.2 Å². The van der Waals surface area contributed by atoms with Crippen molar-refractivity contribution in [2.45, 2.75) is 18.2 Å². The quantitative estimate of drug-likeness (QED) is 0.793. The van der Waals surface area contributed by atoms with E-state index in [4.69, 9.17) is 5.11 Å². The van der Waals surface area contributed by atoms with Crippen LogP contribution in [0, 0.1) is 0 Å². The number of nitrogens with one attached hydrogen (secondary N) is 1. The van der Waals surface area contributed by atoms with Crippen molar-refractivity contribution in [2.24, 2.45) is 0 Å². The third-order valence-corrected chi connectivity index (χ3v) is 3.58. The van der Waals surface area contributed by atoms with E-state index in [9.17, 15) is 13.2 Å². The summed E-state index contributed by atoms with van der Waals surface area (Å²) >= 11 is 0. The van der Waals surface area contributed by atoms with E-state index in [0.717, 1.165) is 0 Å². The molecule has 5 nitrogen and oxygen atoms in total. The van der Waals surface area contributed by atoms with Gasteiger partial charge in [-0.15, -0.1) is 0 Å². The number of carbonyl (C=O) groups is 1. The molecular weight excluding hydrogens is 230 g/mol. The van der Waals surface area contributed by atoms with Gasteiger partial charge < -0.3 is 5.11 Å². The minimum atomic E-state index is -3.60. The molecule has 0 amide bonds. The number of aliphatic carboxylic acids is 1. The highest BCUT2D eigenvalue weighted by Crippen LogP contribution is 2.15. The highest BCUT2D eigenvalue weighted by Gasteiger charge is 2.17. The summed E-state index contributed by atoms with van der Waals surface area (Å²) in [5, 5.41) is 8.67. The Labute approximate surface area is 94.2 Å². The molecule has 1 aromatic rings. The molecule has 1 rings (SSSR count). The number of benzene rings is 1. The first kappa shape index (κ1) is 12.7. The summed E-state index contributed by atoms with van der Waals surface area (Å²) in [6.45, 7) is 1.93. The zero-order valence-electron chi connectivity index (χ0n) is 8.80. The fourth-order valence-corrected chi connectivity index (χ4v) is 2.62. The fraction of sp³-hybridized carbons (Fsp3) is 0.300. The van der Waals surface area contributed by atoms with Crippen molar-refractivity contribution in [3.8, 4) is 0 Å². The van der Waals surface area contributed by atoms with E-state index < -0.39 is 16.0 Å². The van der Waals surface area contributed by atoms with Gasteiger partial charge in [0.1, 0.15) is 0 Å². The van der Waals surface area contributed by atoms with Crippen LogP contribution in [0.15, 0.2) is 29.2 Å². The Balaban J connectivity index is 3.18. The predicted octanol–water partition coefficient (Wildman–Crippen LogP) is 0.612. The summed E-state index contributed by atoms with van der Waals surface area (Å²) in [6.07, 6.45) is -0.305. The van der Waals surface area contributed by atoms with Gasteiger partial charge in [-0.2, -0.15) is 0 Å². The van der Waals surface area contributed by atoms with Crippen LogP contribution in [0.25, 0.3) is 0 Å². The average Bonchev–Trinajstić information content (AvgIpc) is 2.17. The normalized spacial score (nSPS) is 11.3. The lowest BCUT2D eigenvalue weighted by Gasteiger charge is -2.08. The lowest BCUT2D eigenvalue weighted by Crippen LogP contribution is -2.24. The predicted molar refractivity (Wildman–Crippen MR) is 58.6 cm³/mol. The zero-order valence-corrected chi connectivity index (χ0v) is 9.62. The molecule has 88 valence electrons. The molecule has 1 aromatic carbocycles. The maximum absolute atomic E-state index is 11.7. The van der Waals surface area contributed by atoms with Gasteiger partial charge in [0.25, 0.3) is 0 Å². The van der Waals surface area contributed by atoms with Crippen LogP contribution in [0.1, 0.15) is 12.5 Å². The van der Waals surface area contributed by atoms with Crippen molar-refractivity contribution in [1.82, 2.24) is 4.72 Å². The molecule has 6 heteroatoms. The number of sulfonamides is 1. The summed E-state index contributed by atoms with van der Waals surface area (Å²) in [6, 6.07) is 6.08. The lowest BCUT2D eigenvalue weighted by molar-refractivity contribution is -0.136. The fourth-order valence-electron chi connectivity index (χ4n) is 1.34. The van der Waals surface area contributed by atoms with Crippen LogP contribution in [0.5, 0.6) is 0 Å². The van der Waals surface area contributed by atoms with Crippen molar-refractivity contribution in [3.63, 3.8) is 0 Å². The van der Waals surface area contributed by atoms with Crippen LogP contribution < -0.4 is 4.72 Å². The van der Waals surface area contributed by atoms with Gasteiger partial charge >= 0.3 is 5.97 Å². The zero-order chi connectivity index (χ0) is 12.2. The van der Waals surface area contributed by atoms with Crippen molar-refractivity contribution < 1.29 is 18.3 Å². The first-order valence-corrected chi connectivity index (χ1v) is 6.25. The third-order valence-electron chi connectivity index (χ3n) is 1.94. The van der Waals surface area contributed by atoms with E-state index in [2.05, 4.69) is 4.72 Å². The molecule has 0 spiro atoms. The average molecular weight is 243 g/mol. The summed E-state index contributed by atoms with van der Waals surface area (Å²) in [7, 11) is -3.60. The SMILES string of the molecule is CCNS(=O)(=O)c1ccccc1CC(=O)O. The number of hydrogen-bond acceptors (Lipinski definition) is 3. The van der Waals surface area contributed by atoms with Crippen LogP contribution in [0.2, 0.25) is 0 Å². The lowest BCUT2D eigenvalue weighted by atomic mass is 10.1. The van der Waals surface area contributed by atoms with Crippen molar-refractivity contribution in [2.75, 3.05) is 6.54 Å². The van der Waals surface area contributed by atoms with Crippen LogP contribution >= 0.6 is 0 Å². The molecule has 0 aromatic heterocycles. The summed E-state index contributed by atoms with van der Waals surface area (Å²) in [4.78, 5) is 10.6. The van der Waals surface area contributed by atoms with Gasteiger partial charge in [-0.05, 0) is 11.6 Å². The summed E-state index contributed by atoms with van der Waals surface area (Å²) in [5.74, 6) is -1.06. The van der Waals surface area contributed by atoms with Gasteiger partial charge in [0.15, 0.2) is 0 Å². The van der Waals surface area contributed by atoms with E-state index in [-0.39, 0.29) is 23.4 Å². The standard InChI is InChI=1S/C10H13NO4S/c1-2-11-16(14,15)9-6-4-3-5-8(9)7-10(12)13/h3-6,11H,2,7H2,1H3,(H,12,13). The molecule has 0 radical (unpaired) electrons. The largest absolute Gasteiger partial charge is 0.481 e. The molecule has 0 fully saturated rings. The molecule has 0 saturated carbocycles. The van der Waals surface area contributed by atoms with Gasteiger partial charge in [-0.25, -0.2) is 13.1 Å². The Hall–Kier alpha value is -1.40. The Kier molecular flexibility index (Phi) is 4.03. The maximum atomic E-state index is 11.7. The first-order chi connectivity index (χ1) is 7.47. The molecule has 0 unspecified atom stereocenters. The van der Waals surface area contributed by atoms with E-state index >= 15 is 0 Å². The Morgan fingerprint density at radius 2 is 2.00 bits per heavy atom. The van der Waals surface area contributed by atoms with Crippen LogP contribution in [-0.4, -0.2) is 26.0 Å². The molecule has 0 saturated heterocycles. The van der Waals surface area contributed by atoms with Crippen molar-refractivity contribution in [3.05, 3.63) is 29.8 Å². The summed E-state index contributed by atoms with van der Waals surface area (Å²) in [5.41, 5.74) is 0.288. The number of hydrogen-bond donors (Lipinski definition) is 2. The molecule has 0 aliphatic rings. The van der Waals surface area contributed by atoms with Gasteiger partial charge in [-0.1, -0.05) is 25.1 Å². The minimum absolute atomic E-state index is 0.0271. The molecule has 0 aliphatic carbocycles. The second-order valence-corrected chi connectivity index (χ2v) is 4.91. The van der Waals surface area contributed by atoms with Gasteiger partial charge in [0.05, 0.1) is 11.3 Å². The molecule has 0 bridgehead atoms. The molecule has 16 heavy (non-hydrogen) atoms. The van der Waals surface area contributed by atoms with Crippen molar-refractivity contribution >= 4 is 16.0 Å². The second-order valence-electron chi connectivity index (χ2n) is 3.18. The van der Waals surface area contributed by atoms with E-state index in [1.165, 1.54) is 12.1 Å².